The van der Waals surface area contributed by atoms with Gasteiger partial charge in [0.1, 0.15) is 12.4 Å². The molecule has 0 radical (unpaired) electrons. The molecule has 0 saturated carbocycles. The number of benzene rings is 2. The molecule has 0 aliphatic carbocycles. The Balaban J connectivity index is 1.67. The van der Waals surface area contributed by atoms with Gasteiger partial charge in [0.15, 0.2) is 18.1 Å². The van der Waals surface area contributed by atoms with E-state index < -0.39 is 5.91 Å². The van der Waals surface area contributed by atoms with Crippen LogP contribution in [0.4, 0.5) is 0 Å². The van der Waals surface area contributed by atoms with Gasteiger partial charge in [-0.2, -0.15) is 0 Å². The summed E-state index contributed by atoms with van der Waals surface area (Å²) in [6.07, 6.45) is 0.707. The monoisotopic (exact) mass is 356 g/mol. The maximum Gasteiger partial charge on any atom is 0.255 e. The minimum atomic E-state index is -0.591. The number of nitrogens with one attached hydrogen (secondary N) is 1. The standard InChI is InChI=1S/C19H20N2O5/c1-24-17-9-13(6-7-16(17)26-11-18(20)22)19(23)21-14-8-12-4-2-3-5-15(12)25-10-14/h2-7,9,14H,8,10-11H2,1H3,(H2,20,22)(H,21,23). The van der Waals surface area contributed by atoms with Gasteiger partial charge in [0.25, 0.3) is 11.8 Å². The summed E-state index contributed by atoms with van der Waals surface area (Å²) in [5.74, 6) is 0.724. The van der Waals surface area contributed by atoms with Crippen molar-refractivity contribution in [1.82, 2.24) is 5.32 Å². The van der Waals surface area contributed by atoms with Gasteiger partial charge >= 0.3 is 0 Å². The molecule has 1 aliphatic heterocycles. The average molecular weight is 356 g/mol. The Bertz CT molecular complexity index is 821. The molecule has 0 saturated heterocycles. The maximum absolute atomic E-state index is 12.5. The van der Waals surface area contributed by atoms with Crippen LogP contribution in [0.25, 0.3) is 0 Å². The molecule has 136 valence electrons. The number of nitrogens with two attached hydrogens (primary N) is 1. The number of primary amides is 1. The molecule has 0 aromatic heterocycles. The van der Waals surface area contributed by atoms with E-state index in [0.717, 1.165) is 11.3 Å². The number of hydrogen-bond donors (Lipinski definition) is 2. The molecule has 1 heterocycles. The molecular formula is C19H20N2O5. The summed E-state index contributed by atoms with van der Waals surface area (Å²) >= 11 is 0. The molecule has 3 N–H and O–H groups in total. The van der Waals surface area contributed by atoms with Crippen LogP contribution < -0.4 is 25.3 Å². The molecule has 26 heavy (non-hydrogen) atoms. The summed E-state index contributed by atoms with van der Waals surface area (Å²) in [5.41, 5.74) is 6.56. The molecule has 0 fully saturated rings. The molecule has 1 unspecified atom stereocenters. The van der Waals surface area contributed by atoms with Gasteiger partial charge in [0.2, 0.25) is 0 Å². The zero-order valence-electron chi connectivity index (χ0n) is 14.4. The van der Waals surface area contributed by atoms with Crippen LogP contribution in [0, 0.1) is 0 Å². The summed E-state index contributed by atoms with van der Waals surface area (Å²) < 4.78 is 16.2. The lowest BCUT2D eigenvalue weighted by Crippen LogP contribution is -2.42. The van der Waals surface area contributed by atoms with Crippen molar-refractivity contribution in [3.8, 4) is 17.2 Å². The topological polar surface area (TPSA) is 99.9 Å². The summed E-state index contributed by atoms with van der Waals surface area (Å²) in [7, 11) is 1.46. The van der Waals surface area contributed by atoms with E-state index in [9.17, 15) is 9.59 Å². The number of para-hydroxylation sites is 1. The van der Waals surface area contributed by atoms with E-state index in [1.54, 1.807) is 18.2 Å². The SMILES string of the molecule is COc1cc(C(=O)NC2COc3ccccc3C2)ccc1OCC(N)=O. The fraction of sp³-hybridized carbons (Fsp3) is 0.263. The third-order valence-electron chi connectivity index (χ3n) is 4.01. The Labute approximate surface area is 151 Å². The highest BCUT2D eigenvalue weighted by Gasteiger charge is 2.22. The number of methoxy groups -OCH3 is 1. The first-order valence-electron chi connectivity index (χ1n) is 8.17. The molecule has 0 spiro atoms. The van der Waals surface area contributed by atoms with E-state index in [4.69, 9.17) is 19.9 Å². The van der Waals surface area contributed by atoms with Crippen molar-refractivity contribution in [1.29, 1.82) is 0 Å². The summed E-state index contributed by atoms with van der Waals surface area (Å²) in [6.45, 7) is 0.153. The molecule has 2 aromatic carbocycles. The zero-order valence-corrected chi connectivity index (χ0v) is 14.4. The van der Waals surface area contributed by atoms with E-state index in [1.807, 2.05) is 24.3 Å². The van der Waals surface area contributed by atoms with Gasteiger partial charge in [-0.15, -0.1) is 0 Å². The number of carbonyl (C=O) groups is 2. The second kappa shape index (κ2) is 7.77. The molecule has 7 nitrogen and oxygen atoms in total. The number of amides is 2. The molecule has 1 atom stereocenters. The molecule has 0 bridgehead atoms. The molecule has 2 amide bonds. The van der Waals surface area contributed by atoms with Gasteiger partial charge in [-0.05, 0) is 36.2 Å². The number of ether oxygens (including phenoxy) is 3. The molecule has 1 aliphatic rings. The van der Waals surface area contributed by atoms with E-state index in [0.29, 0.717) is 30.1 Å². The number of carbonyl (C=O) groups excluding carboxylic acids is 2. The van der Waals surface area contributed by atoms with Crippen LogP contribution in [0.1, 0.15) is 15.9 Å². The highest BCUT2D eigenvalue weighted by Crippen LogP contribution is 2.28. The molecule has 3 rings (SSSR count). The van der Waals surface area contributed by atoms with Crippen LogP contribution in [-0.4, -0.2) is 38.2 Å². The van der Waals surface area contributed by atoms with Gasteiger partial charge in [-0.1, -0.05) is 18.2 Å². The normalized spacial score (nSPS) is 15.3. The number of hydrogen-bond acceptors (Lipinski definition) is 5. The summed E-state index contributed by atoms with van der Waals surface area (Å²) in [4.78, 5) is 23.4. The highest BCUT2D eigenvalue weighted by molar-refractivity contribution is 5.95. The third kappa shape index (κ3) is 4.05. The van der Waals surface area contributed by atoms with E-state index in [-0.39, 0.29) is 18.6 Å². The van der Waals surface area contributed by atoms with Crippen molar-refractivity contribution in [2.75, 3.05) is 20.3 Å². The Morgan fingerprint density at radius 3 is 2.81 bits per heavy atom. The van der Waals surface area contributed by atoms with E-state index in [2.05, 4.69) is 5.32 Å². The van der Waals surface area contributed by atoms with Crippen LogP contribution in [0.5, 0.6) is 17.2 Å². The number of rotatable bonds is 6. The Hall–Kier alpha value is -3.22. The first-order chi connectivity index (χ1) is 12.6. The van der Waals surface area contributed by atoms with Crippen molar-refractivity contribution < 1.29 is 23.8 Å². The average Bonchev–Trinajstić information content (AvgIpc) is 2.66. The fourth-order valence-corrected chi connectivity index (χ4v) is 2.77. The summed E-state index contributed by atoms with van der Waals surface area (Å²) in [5, 5.41) is 2.96. The van der Waals surface area contributed by atoms with Crippen molar-refractivity contribution in [3.05, 3.63) is 53.6 Å². The van der Waals surface area contributed by atoms with Crippen LogP contribution in [0.3, 0.4) is 0 Å². The Morgan fingerprint density at radius 2 is 2.04 bits per heavy atom. The first kappa shape index (κ1) is 17.6. The molecule has 2 aromatic rings. The Morgan fingerprint density at radius 1 is 1.23 bits per heavy atom. The zero-order chi connectivity index (χ0) is 18.5. The lowest BCUT2D eigenvalue weighted by Gasteiger charge is -2.26. The largest absolute Gasteiger partial charge is 0.493 e. The van der Waals surface area contributed by atoms with Gasteiger partial charge in [0.05, 0.1) is 13.2 Å². The Kier molecular flexibility index (Phi) is 5.26. The molecular weight excluding hydrogens is 336 g/mol. The van der Waals surface area contributed by atoms with Gasteiger partial charge < -0.3 is 25.3 Å². The predicted octanol–water partition coefficient (Wildman–Crippen LogP) is 1.29. The van der Waals surface area contributed by atoms with E-state index >= 15 is 0 Å². The third-order valence-corrected chi connectivity index (χ3v) is 4.01. The predicted molar refractivity (Wildman–Crippen MR) is 94.6 cm³/mol. The van der Waals surface area contributed by atoms with Crippen molar-refractivity contribution in [2.24, 2.45) is 5.73 Å². The van der Waals surface area contributed by atoms with Crippen LogP contribution in [0.15, 0.2) is 42.5 Å². The van der Waals surface area contributed by atoms with E-state index in [1.165, 1.54) is 7.11 Å². The van der Waals surface area contributed by atoms with Crippen molar-refractivity contribution in [2.45, 2.75) is 12.5 Å². The van der Waals surface area contributed by atoms with Gasteiger partial charge in [-0.25, -0.2) is 0 Å². The second-order valence-electron chi connectivity index (χ2n) is 5.91. The highest BCUT2D eigenvalue weighted by atomic mass is 16.5. The van der Waals surface area contributed by atoms with Gasteiger partial charge in [-0.3, -0.25) is 9.59 Å². The quantitative estimate of drug-likeness (QED) is 0.812. The van der Waals surface area contributed by atoms with Crippen LogP contribution in [-0.2, 0) is 11.2 Å². The molecule has 7 heteroatoms. The lowest BCUT2D eigenvalue weighted by molar-refractivity contribution is -0.119. The lowest BCUT2D eigenvalue weighted by atomic mass is 10.0. The van der Waals surface area contributed by atoms with Gasteiger partial charge in [0, 0.05) is 5.56 Å². The first-order valence-corrected chi connectivity index (χ1v) is 8.17. The summed E-state index contributed by atoms with van der Waals surface area (Å²) in [6, 6.07) is 12.4. The minimum absolute atomic E-state index is 0.116. The van der Waals surface area contributed by atoms with Crippen LogP contribution >= 0.6 is 0 Å². The smallest absolute Gasteiger partial charge is 0.255 e. The van der Waals surface area contributed by atoms with Crippen molar-refractivity contribution >= 4 is 11.8 Å². The minimum Gasteiger partial charge on any atom is -0.493 e. The second-order valence-corrected chi connectivity index (χ2v) is 5.91. The number of fused-ring (bicyclic) bond motifs is 1. The fourth-order valence-electron chi connectivity index (χ4n) is 2.77. The van der Waals surface area contributed by atoms with Crippen molar-refractivity contribution in [3.63, 3.8) is 0 Å². The van der Waals surface area contributed by atoms with Crippen LogP contribution in [0.2, 0.25) is 0 Å². The maximum atomic E-state index is 12.5.